The quantitative estimate of drug-likeness (QED) is 0.800. The van der Waals surface area contributed by atoms with Gasteiger partial charge in [-0.2, -0.15) is 0 Å². The fourth-order valence-electron chi connectivity index (χ4n) is 2.56. The average molecular weight is 270 g/mol. The van der Waals surface area contributed by atoms with Gasteiger partial charge in [0.1, 0.15) is 0 Å². The summed E-state index contributed by atoms with van der Waals surface area (Å²) in [7, 11) is 0. The molecule has 1 unspecified atom stereocenters. The standard InChI is InChI=1S/C15H30N2O2/c1-15(2,3)10-13(18)11-16-12-14(19)17-8-6-4-5-7-9-17/h13,16,18H,4-12H2,1-3H3. The van der Waals surface area contributed by atoms with Crippen LogP contribution in [0.5, 0.6) is 0 Å². The number of aliphatic hydroxyl groups is 1. The van der Waals surface area contributed by atoms with Crippen molar-refractivity contribution >= 4 is 5.91 Å². The molecule has 1 aliphatic heterocycles. The zero-order valence-corrected chi connectivity index (χ0v) is 12.7. The monoisotopic (exact) mass is 270 g/mol. The molecule has 1 fully saturated rings. The minimum Gasteiger partial charge on any atom is -0.392 e. The van der Waals surface area contributed by atoms with Crippen molar-refractivity contribution in [3.63, 3.8) is 0 Å². The molecular formula is C15H30N2O2. The normalized spacial score (nSPS) is 19.1. The SMILES string of the molecule is CC(C)(C)CC(O)CNCC(=O)N1CCCCCC1. The summed E-state index contributed by atoms with van der Waals surface area (Å²) in [6, 6.07) is 0. The number of carbonyl (C=O) groups is 1. The van der Waals surface area contributed by atoms with Gasteiger partial charge in [0.2, 0.25) is 5.91 Å². The summed E-state index contributed by atoms with van der Waals surface area (Å²) in [5.41, 5.74) is 0.121. The van der Waals surface area contributed by atoms with Gasteiger partial charge in [0.05, 0.1) is 12.6 Å². The smallest absolute Gasteiger partial charge is 0.236 e. The van der Waals surface area contributed by atoms with E-state index >= 15 is 0 Å². The number of aliphatic hydroxyl groups excluding tert-OH is 1. The Morgan fingerprint density at radius 2 is 1.79 bits per heavy atom. The average Bonchev–Trinajstić information content (AvgIpc) is 2.54. The number of nitrogens with one attached hydrogen (secondary N) is 1. The molecule has 1 rings (SSSR count). The molecule has 0 radical (unpaired) electrons. The summed E-state index contributed by atoms with van der Waals surface area (Å²) in [4.78, 5) is 14.0. The van der Waals surface area contributed by atoms with E-state index in [0.29, 0.717) is 13.1 Å². The number of likely N-dealkylation sites (tertiary alicyclic amines) is 1. The first-order chi connectivity index (χ1) is 8.88. The van der Waals surface area contributed by atoms with Crippen molar-refractivity contribution in [2.75, 3.05) is 26.2 Å². The maximum atomic E-state index is 12.0. The highest BCUT2D eigenvalue weighted by Crippen LogP contribution is 2.20. The maximum absolute atomic E-state index is 12.0. The molecule has 0 aromatic carbocycles. The number of hydrogen-bond acceptors (Lipinski definition) is 3. The van der Waals surface area contributed by atoms with Gasteiger partial charge in [0.15, 0.2) is 0 Å². The topological polar surface area (TPSA) is 52.6 Å². The largest absolute Gasteiger partial charge is 0.392 e. The second-order valence-electron chi connectivity index (χ2n) is 6.84. The highest BCUT2D eigenvalue weighted by Gasteiger charge is 2.18. The molecule has 0 aliphatic carbocycles. The second kappa shape index (κ2) is 7.85. The van der Waals surface area contributed by atoms with Gasteiger partial charge in [0, 0.05) is 19.6 Å². The van der Waals surface area contributed by atoms with Crippen molar-refractivity contribution in [3.05, 3.63) is 0 Å². The van der Waals surface area contributed by atoms with Crippen LogP contribution in [0.2, 0.25) is 0 Å². The van der Waals surface area contributed by atoms with Crippen molar-refractivity contribution in [3.8, 4) is 0 Å². The van der Waals surface area contributed by atoms with Crippen LogP contribution in [0.25, 0.3) is 0 Å². The van der Waals surface area contributed by atoms with Crippen LogP contribution in [0.15, 0.2) is 0 Å². The van der Waals surface area contributed by atoms with E-state index in [-0.39, 0.29) is 17.4 Å². The molecule has 4 heteroatoms. The Morgan fingerprint density at radius 1 is 1.21 bits per heavy atom. The first kappa shape index (κ1) is 16.4. The Hall–Kier alpha value is -0.610. The third kappa shape index (κ3) is 7.53. The lowest BCUT2D eigenvalue weighted by molar-refractivity contribution is -0.130. The van der Waals surface area contributed by atoms with Crippen LogP contribution in [0.4, 0.5) is 0 Å². The second-order valence-corrected chi connectivity index (χ2v) is 6.84. The van der Waals surface area contributed by atoms with Gasteiger partial charge < -0.3 is 15.3 Å². The lowest BCUT2D eigenvalue weighted by Crippen LogP contribution is -2.41. The van der Waals surface area contributed by atoms with Gasteiger partial charge >= 0.3 is 0 Å². The minimum absolute atomic E-state index is 0.121. The number of nitrogens with zero attached hydrogens (tertiary/aromatic N) is 1. The molecule has 0 aromatic heterocycles. The van der Waals surface area contributed by atoms with E-state index in [2.05, 4.69) is 26.1 Å². The van der Waals surface area contributed by atoms with Crippen molar-refractivity contribution in [1.82, 2.24) is 10.2 Å². The number of hydrogen-bond donors (Lipinski definition) is 2. The fraction of sp³-hybridized carbons (Fsp3) is 0.933. The molecular weight excluding hydrogens is 240 g/mol. The van der Waals surface area contributed by atoms with Crippen LogP contribution in [0, 0.1) is 5.41 Å². The van der Waals surface area contributed by atoms with Gasteiger partial charge in [-0.1, -0.05) is 33.6 Å². The Kier molecular flexibility index (Phi) is 6.80. The maximum Gasteiger partial charge on any atom is 0.236 e. The third-order valence-electron chi connectivity index (χ3n) is 3.46. The molecule has 2 N–H and O–H groups in total. The van der Waals surface area contributed by atoms with Crippen LogP contribution >= 0.6 is 0 Å². The van der Waals surface area contributed by atoms with E-state index in [0.717, 1.165) is 32.4 Å². The van der Waals surface area contributed by atoms with Gasteiger partial charge in [-0.3, -0.25) is 4.79 Å². The van der Waals surface area contributed by atoms with Gasteiger partial charge in [-0.25, -0.2) is 0 Å². The van der Waals surface area contributed by atoms with E-state index in [9.17, 15) is 9.90 Å². The summed E-state index contributed by atoms with van der Waals surface area (Å²) >= 11 is 0. The molecule has 0 saturated carbocycles. The zero-order chi connectivity index (χ0) is 14.3. The van der Waals surface area contributed by atoms with Crippen LogP contribution in [-0.4, -0.2) is 48.2 Å². The fourth-order valence-corrected chi connectivity index (χ4v) is 2.56. The highest BCUT2D eigenvalue weighted by molar-refractivity contribution is 5.78. The molecule has 4 nitrogen and oxygen atoms in total. The van der Waals surface area contributed by atoms with E-state index < -0.39 is 0 Å². The Balaban J connectivity index is 2.19. The van der Waals surface area contributed by atoms with Gasteiger partial charge in [-0.05, 0) is 24.7 Å². The molecule has 1 amide bonds. The van der Waals surface area contributed by atoms with E-state index in [1.807, 2.05) is 4.90 Å². The highest BCUT2D eigenvalue weighted by atomic mass is 16.3. The molecule has 1 heterocycles. The summed E-state index contributed by atoms with van der Waals surface area (Å²) in [5.74, 6) is 0.171. The first-order valence-electron chi connectivity index (χ1n) is 7.55. The molecule has 1 atom stereocenters. The van der Waals surface area contributed by atoms with Crippen molar-refractivity contribution in [2.45, 2.75) is 59.0 Å². The van der Waals surface area contributed by atoms with Crippen LogP contribution in [0.1, 0.15) is 52.9 Å². The van der Waals surface area contributed by atoms with Crippen LogP contribution < -0.4 is 5.32 Å². The lowest BCUT2D eigenvalue weighted by atomic mass is 9.89. The lowest BCUT2D eigenvalue weighted by Gasteiger charge is -2.23. The molecule has 19 heavy (non-hydrogen) atoms. The van der Waals surface area contributed by atoms with Crippen LogP contribution in [-0.2, 0) is 4.79 Å². The van der Waals surface area contributed by atoms with Crippen molar-refractivity contribution < 1.29 is 9.90 Å². The zero-order valence-electron chi connectivity index (χ0n) is 12.7. The predicted molar refractivity (Wildman–Crippen MR) is 78.0 cm³/mol. The summed E-state index contributed by atoms with van der Waals surface area (Å²) < 4.78 is 0. The minimum atomic E-state index is -0.378. The number of carbonyl (C=O) groups excluding carboxylic acids is 1. The molecule has 1 saturated heterocycles. The Morgan fingerprint density at radius 3 is 2.32 bits per heavy atom. The van der Waals surface area contributed by atoms with Crippen LogP contribution in [0.3, 0.4) is 0 Å². The first-order valence-corrected chi connectivity index (χ1v) is 7.55. The Labute approximate surface area is 117 Å². The van der Waals surface area contributed by atoms with Gasteiger partial charge in [-0.15, -0.1) is 0 Å². The molecule has 0 aromatic rings. The van der Waals surface area contributed by atoms with E-state index in [4.69, 9.17) is 0 Å². The summed E-state index contributed by atoms with van der Waals surface area (Å²) in [6.45, 7) is 8.96. The number of amides is 1. The van der Waals surface area contributed by atoms with E-state index in [1.165, 1.54) is 12.8 Å². The van der Waals surface area contributed by atoms with Gasteiger partial charge in [0.25, 0.3) is 0 Å². The molecule has 112 valence electrons. The van der Waals surface area contributed by atoms with E-state index in [1.54, 1.807) is 0 Å². The Bertz CT molecular complexity index is 266. The summed E-state index contributed by atoms with van der Waals surface area (Å²) in [5, 5.41) is 12.9. The molecule has 0 bridgehead atoms. The molecule has 1 aliphatic rings. The summed E-state index contributed by atoms with van der Waals surface area (Å²) in [6.07, 6.45) is 5.09. The van der Waals surface area contributed by atoms with Crippen molar-refractivity contribution in [1.29, 1.82) is 0 Å². The third-order valence-corrected chi connectivity index (χ3v) is 3.46. The predicted octanol–water partition coefficient (Wildman–Crippen LogP) is 1.78. The number of rotatable bonds is 5. The van der Waals surface area contributed by atoms with Crippen molar-refractivity contribution in [2.24, 2.45) is 5.41 Å². The molecule has 0 spiro atoms.